The standard InChI is InChI=1S/C16H22N4O/c1-12-10-20(11-15-18-16(9-17)21-19-15)8-7-14(12)13-5-3-2-4-6-13/h2-6,12,14H,7-11,17H2,1H3. The van der Waals surface area contributed by atoms with Gasteiger partial charge in [-0.2, -0.15) is 4.98 Å². The fourth-order valence-electron chi connectivity index (χ4n) is 3.21. The van der Waals surface area contributed by atoms with Crippen LogP contribution in [0.2, 0.25) is 0 Å². The lowest BCUT2D eigenvalue weighted by atomic mass is 9.81. The molecule has 1 fully saturated rings. The molecule has 0 spiro atoms. The third-order valence-corrected chi connectivity index (χ3v) is 4.27. The number of rotatable bonds is 4. The lowest BCUT2D eigenvalue weighted by Crippen LogP contribution is -2.38. The van der Waals surface area contributed by atoms with Crippen LogP contribution in [0.4, 0.5) is 0 Å². The van der Waals surface area contributed by atoms with Crippen molar-refractivity contribution in [2.45, 2.75) is 32.4 Å². The summed E-state index contributed by atoms with van der Waals surface area (Å²) in [7, 11) is 0. The van der Waals surface area contributed by atoms with Gasteiger partial charge in [0.05, 0.1) is 13.1 Å². The first-order chi connectivity index (χ1) is 10.3. The Morgan fingerprint density at radius 1 is 1.33 bits per heavy atom. The lowest BCUT2D eigenvalue weighted by Gasteiger charge is -2.36. The summed E-state index contributed by atoms with van der Waals surface area (Å²) in [4.78, 5) is 6.68. The number of nitrogens with two attached hydrogens (primary N) is 1. The van der Waals surface area contributed by atoms with Crippen LogP contribution in [0.25, 0.3) is 0 Å². The summed E-state index contributed by atoms with van der Waals surface area (Å²) < 4.78 is 5.06. The van der Waals surface area contributed by atoms with E-state index in [9.17, 15) is 0 Å². The minimum absolute atomic E-state index is 0.305. The van der Waals surface area contributed by atoms with E-state index in [-0.39, 0.29) is 0 Å². The topological polar surface area (TPSA) is 68.2 Å². The molecule has 1 saturated heterocycles. The normalized spacial score (nSPS) is 23.3. The molecule has 112 valence electrons. The maximum Gasteiger partial charge on any atom is 0.240 e. The maximum absolute atomic E-state index is 5.49. The minimum Gasteiger partial charge on any atom is -0.338 e. The van der Waals surface area contributed by atoms with E-state index in [0.29, 0.717) is 24.3 Å². The minimum atomic E-state index is 0.305. The molecule has 1 aromatic carbocycles. The van der Waals surface area contributed by atoms with Gasteiger partial charge < -0.3 is 10.3 Å². The SMILES string of the molecule is CC1CN(Cc2noc(CN)n2)CCC1c1ccccc1. The van der Waals surface area contributed by atoms with Gasteiger partial charge in [-0.1, -0.05) is 42.4 Å². The monoisotopic (exact) mass is 286 g/mol. The largest absolute Gasteiger partial charge is 0.338 e. The van der Waals surface area contributed by atoms with E-state index in [1.54, 1.807) is 0 Å². The van der Waals surface area contributed by atoms with E-state index in [4.69, 9.17) is 10.3 Å². The van der Waals surface area contributed by atoms with Crippen LogP contribution in [0.1, 0.15) is 36.5 Å². The quantitative estimate of drug-likeness (QED) is 0.932. The first-order valence-electron chi connectivity index (χ1n) is 7.55. The van der Waals surface area contributed by atoms with Gasteiger partial charge in [0.25, 0.3) is 0 Å². The zero-order chi connectivity index (χ0) is 14.7. The highest BCUT2D eigenvalue weighted by Crippen LogP contribution is 2.32. The summed E-state index contributed by atoms with van der Waals surface area (Å²) in [5.41, 5.74) is 6.94. The van der Waals surface area contributed by atoms with E-state index in [0.717, 1.165) is 25.5 Å². The summed E-state index contributed by atoms with van der Waals surface area (Å²) in [6, 6.07) is 10.8. The van der Waals surface area contributed by atoms with E-state index in [1.165, 1.54) is 12.0 Å². The highest BCUT2D eigenvalue weighted by Gasteiger charge is 2.27. The molecular formula is C16H22N4O. The van der Waals surface area contributed by atoms with Crippen molar-refractivity contribution in [2.24, 2.45) is 11.7 Å². The summed E-state index contributed by atoms with van der Waals surface area (Å²) in [6.07, 6.45) is 1.17. The molecule has 0 bridgehead atoms. The number of likely N-dealkylation sites (tertiary alicyclic amines) is 1. The van der Waals surface area contributed by atoms with Crippen molar-refractivity contribution in [1.82, 2.24) is 15.0 Å². The van der Waals surface area contributed by atoms with Gasteiger partial charge in [0, 0.05) is 6.54 Å². The number of benzene rings is 1. The third kappa shape index (κ3) is 3.31. The molecule has 1 aliphatic heterocycles. The molecule has 5 nitrogen and oxygen atoms in total. The molecule has 2 N–H and O–H groups in total. The number of hydrogen-bond donors (Lipinski definition) is 1. The Morgan fingerprint density at radius 3 is 2.81 bits per heavy atom. The van der Waals surface area contributed by atoms with Gasteiger partial charge in [0.1, 0.15) is 0 Å². The molecule has 3 rings (SSSR count). The summed E-state index contributed by atoms with van der Waals surface area (Å²) in [5.74, 6) is 2.52. The first-order valence-corrected chi connectivity index (χ1v) is 7.55. The van der Waals surface area contributed by atoms with Crippen molar-refractivity contribution in [3.8, 4) is 0 Å². The summed E-state index contributed by atoms with van der Waals surface area (Å²) >= 11 is 0. The second kappa shape index (κ2) is 6.37. The zero-order valence-electron chi connectivity index (χ0n) is 12.4. The van der Waals surface area contributed by atoms with Gasteiger partial charge in [-0.25, -0.2) is 0 Å². The second-order valence-corrected chi connectivity index (χ2v) is 5.83. The van der Waals surface area contributed by atoms with Crippen LogP contribution in [0.5, 0.6) is 0 Å². The second-order valence-electron chi connectivity index (χ2n) is 5.83. The molecular weight excluding hydrogens is 264 g/mol. The fraction of sp³-hybridized carbons (Fsp3) is 0.500. The summed E-state index contributed by atoms with van der Waals surface area (Å²) in [5, 5.41) is 3.98. The van der Waals surface area contributed by atoms with Gasteiger partial charge in [-0.3, -0.25) is 4.90 Å². The molecule has 1 aromatic heterocycles. The number of aromatic nitrogens is 2. The molecule has 2 atom stereocenters. The van der Waals surface area contributed by atoms with Crippen LogP contribution in [0, 0.1) is 5.92 Å². The molecule has 21 heavy (non-hydrogen) atoms. The van der Waals surface area contributed by atoms with E-state index < -0.39 is 0 Å². The fourth-order valence-corrected chi connectivity index (χ4v) is 3.21. The lowest BCUT2D eigenvalue weighted by molar-refractivity contribution is 0.151. The maximum atomic E-state index is 5.49. The van der Waals surface area contributed by atoms with Crippen LogP contribution in [0.15, 0.2) is 34.9 Å². The Bertz CT molecular complexity index is 569. The molecule has 2 aromatic rings. The molecule has 0 radical (unpaired) electrons. The average Bonchev–Trinajstić information content (AvgIpc) is 2.96. The molecule has 0 saturated carbocycles. The van der Waals surface area contributed by atoms with Gasteiger partial charge >= 0.3 is 0 Å². The Morgan fingerprint density at radius 2 is 2.14 bits per heavy atom. The van der Waals surface area contributed by atoms with Crippen LogP contribution in [0.3, 0.4) is 0 Å². The van der Waals surface area contributed by atoms with Crippen LogP contribution in [-0.2, 0) is 13.1 Å². The van der Waals surface area contributed by atoms with Crippen molar-refractivity contribution in [3.05, 3.63) is 47.6 Å². The summed E-state index contributed by atoms with van der Waals surface area (Å²) in [6.45, 7) is 5.50. The van der Waals surface area contributed by atoms with Crippen molar-refractivity contribution in [1.29, 1.82) is 0 Å². The third-order valence-electron chi connectivity index (χ3n) is 4.27. The predicted molar refractivity (Wildman–Crippen MR) is 80.4 cm³/mol. The molecule has 0 amide bonds. The number of piperidine rings is 1. The van der Waals surface area contributed by atoms with Crippen molar-refractivity contribution < 1.29 is 4.52 Å². The number of hydrogen-bond acceptors (Lipinski definition) is 5. The van der Waals surface area contributed by atoms with E-state index in [1.807, 2.05) is 0 Å². The van der Waals surface area contributed by atoms with Gasteiger partial charge in [-0.15, -0.1) is 0 Å². The Hall–Kier alpha value is -1.72. The van der Waals surface area contributed by atoms with Crippen LogP contribution in [-0.4, -0.2) is 28.1 Å². The molecule has 0 aliphatic carbocycles. The van der Waals surface area contributed by atoms with E-state index >= 15 is 0 Å². The highest BCUT2D eigenvalue weighted by molar-refractivity contribution is 5.21. The molecule has 2 heterocycles. The van der Waals surface area contributed by atoms with E-state index in [2.05, 4.69) is 52.3 Å². The average molecular weight is 286 g/mol. The smallest absolute Gasteiger partial charge is 0.240 e. The van der Waals surface area contributed by atoms with Gasteiger partial charge in [-0.05, 0) is 30.4 Å². The van der Waals surface area contributed by atoms with Crippen molar-refractivity contribution >= 4 is 0 Å². The van der Waals surface area contributed by atoms with Crippen molar-refractivity contribution in [2.75, 3.05) is 13.1 Å². The zero-order valence-corrected chi connectivity index (χ0v) is 12.4. The Balaban J connectivity index is 1.60. The first kappa shape index (κ1) is 14.2. The van der Waals surface area contributed by atoms with Crippen molar-refractivity contribution in [3.63, 3.8) is 0 Å². The van der Waals surface area contributed by atoms with Gasteiger partial charge in [0.2, 0.25) is 5.89 Å². The molecule has 5 heteroatoms. The highest BCUT2D eigenvalue weighted by atomic mass is 16.5. The predicted octanol–water partition coefficient (Wildman–Crippen LogP) is 2.15. The Labute approximate surface area is 125 Å². The number of nitrogens with zero attached hydrogens (tertiary/aromatic N) is 3. The van der Waals surface area contributed by atoms with Crippen LogP contribution < -0.4 is 5.73 Å². The molecule has 1 aliphatic rings. The van der Waals surface area contributed by atoms with Gasteiger partial charge in [0.15, 0.2) is 5.82 Å². The molecule has 2 unspecified atom stereocenters. The van der Waals surface area contributed by atoms with Crippen LogP contribution >= 0.6 is 0 Å². The Kier molecular flexibility index (Phi) is 4.31.